The Balaban J connectivity index is 1.59. The lowest BCUT2D eigenvalue weighted by atomic mass is 9.62. The summed E-state index contributed by atoms with van der Waals surface area (Å²) in [5, 5.41) is 0. The zero-order chi connectivity index (χ0) is 24.6. The Morgan fingerprint density at radius 2 is 1.65 bits per heavy atom. The molecule has 0 saturated heterocycles. The fraction of sp³-hybridized carbons (Fsp3) is 0.548. The first kappa shape index (κ1) is 23.6. The summed E-state index contributed by atoms with van der Waals surface area (Å²) in [5.74, 6) is -1.62. The Labute approximate surface area is 204 Å². The summed E-state index contributed by atoms with van der Waals surface area (Å²) in [5.41, 5.74) is 12.3. The molecule has 1 heterocycles. The third-order valence-electron chi connectivity index (χ3n) is 9.26. The third kappa shape index (κ3) is 3.71. The fourth-order valence-corrected chi connectivity index (χ4v) is 6.95. The van der Waals surface area contributed by atoms with Crippen LogP contribution in [0.2, 0.25) is 0 Å². The van der Waals surface area contributed by atoms with Crippen molar-refractivity contribution in [2.45, 2.75) is 73.1 Å². The third-order valence-corrected chi connectivity index (χ3v) is 9.26. The molecule has 5 aliphatic rings. The van der Waals surface area contributed by atoms with Gasteiger partial charge in [-0.2, -0.15) is 0 Å². The number of halogens is 2. The second-order valence-corrected chi connectivity index (χ2v) is 12.0. The molecule has 0 N–H and O–H groups in total. The average molecular weight is 464 g/mol. The molecule has 1 nitrogen and oxygen atoms in total. The normalized spacial score (nSPS) is 29.4. The van der Waals surface area contributed by atoms with Crippen LogP contribution in [0.5, 0.6) is 0 Å². The van der Waals surface area contributed by atoms with Crippen LogP contribution >= 0.6 is 0 Å². The van der Waals surface area contributed by atoms with E-state index in [1.165, 1.54) is 50.3 Å². The summed E-state index contributed by atoms with van der Waals surface area (Å²) in [4.78, 5) is 2.31. The molecule has 0 bridgehead atoms. The largest absolute Gasteiger partial charge is 0.373 e. The van der Waals surface area contributed by atoms with E-state index in [4.69, 9.17) is 0 Å². The highest BCUT2D eigenvalue weighted by Gasteiger charge is 2.47. The van der Waals surface area contributed by atoms with Crippen LogP contribution in [0.25, 0.3) is 0 Å². The van der Waals surface area contributed by atoms with Crippen LogP contribution in [0, 0.1) is 23.2 Å². The van der Waals surface area contributed by atoms with E-state index in [1.54, 1.807) is 0 Å². The van der Waals surface area contributed by atoms with Gasteiger partial charge in [0.1, 0.15) is 0 Å². The van der Waals surface area contributed by atoms with Crippen LogP contribution in [-0.4, -0.2) is 24.4 Å². The van der Waals surface area contributed by atoms with Crippen molar-refractivity contribution in [2.75, 3.05) is 13.6 Å². The first-order valence-corrected chi connectivity index (χ1v) is 13.0. The van der Waals surface area contributed by atoms with Gasteiger partial charge in [-0.1, -0.05) is 51.2 Å². The highest BCUT2D eigenvalue weighted by atomic mass is 19.3. The van der Waals surface area contributed by atoms with Gasteiger partial charge in [-0.25, -0.2) is 8.78 Å². The van der Waals surface area contributed by atoms with Gasteiger partial charge in [0.25, 0.3) is 0 Å². The van der Waals surface area contributed by atoms with Crippen LogP contribution in [-0.2, 0) is 0 Å². The number of rotatable bonds is 4. The maximum absolute atomic E-state index is 14.0. The lowest BCUT2D eigenvalue weighted by molar-refractivity contribution is -0.0632. The molecule has 5 rings (SSSR count). The van der Waals surface area contributed by atoms with Crippen molar-refractivity contribution >= 4 is 0 Å². The molecule has 182 valence electrons. The van der Waals surface area contributed by atoms with Crippen LogP contribution in [0.1, 0.15) is 67.2 Å². The molecule has 0 aromatic carbocycles. The van der Waals surface area contributed by atoms with Gasteiger partial charge in [-0.15, -0.1) is 0 Å². The van der Waals surface area contributed by atoms with Crippen molar-refractivity contribution < 1.29 is 8.78 Å². The van der Waals surface area contributed by atoms with Crippen LogP contribution < -0.4 is 0 Å². The Kier molecular flexibility index (Phi) is 5.50. The van der Waals surface area contributed by atoms with E-state index in [9.17, 15) is 8.78 Å². The fourth-order valence-electron chi connectivity index (χ4n) is 6.95. The van der Waals surface area contributed by atoms with Gasteiger partial charge in [0, 0.05) is 38.0 Å². The molecule has 0 aromatic heterocycles. The first-order chi connectivity index (χ1) is 15.9. The van der Waals surface area contributed by atoms with Gasteiger partial charge in [-0.05, 0) is 95.4 Å². The molecule has 1 aliphatic heterocycles. The molecule has 0 amide bonds. The number of hydrogen-bond acceptors (Lipinski definition) is 1. The summed E-state index contributed by atoms with van der Waals surface area (Å²) >= 11 is 0. The van der Waals surface area contributed by atoms with Crippen molar-refractivity contribution in [3.05, 3.63) is 80.7 Å². The van der Waals surface area contributed by atoms with E-state index in [0.29, 0.717) is 24.7 Å². The molecule has 0 aromatic rings. The van der Waals surface area contributed by atoms with Gasteiger partial charge >= 0.3 is 0 Å². The molecule has 3 heteroatoms. The summed E-state index contributed by atoms with van der Waals surface area (Å²) in [6.07, 6.45) is 13.3. The Morgan fingerprint density at radius 1 is 0.971 bits per heavy atom. The Morgan fingerprint density at radius 3 is 2.21 bits per heavy atom. The Hall–Kier alpha value is -2.16. The van der Waals surface area contributed by atoms with E-state index in [2.05, 4.69) is 83.9 Å². The number of alkyl halides is 2. The summed E-state index contributed by atoms with van der Waals surface area (Å²) in [7, 11) is 2.15. The standard InChI is InChI=1S/C31H39F2N/c1-18-12-22(29-19(2)14-20(29)3)15-26-24(13-18)25(27-17-34(7)21(27)4)16-28(26)30(5,6)23-8-10-31(32,33)11-9-23/h12-16,18,23,28H,8-11,17H2,1-7H3. The predicted octanol–water partition coefficient (Wildman–Crippen LogP) is 8.32. The van der Waals surface area contributed by atoms with Crippen molar-refractivity contribution in [1.82, 2.24) is 4.90 Å². The quantitative estimate of drug-likeness (QED) is 0.405. The lowest BCUT2D eigenvalue weighted by Gasteiger charge is -2.43. The van der Waals surface area contributed by atoms with Crippen LogP contribution in [0.15, 0.2) is 80.7 Å². The number of hydrogen-bond donors (Lipinski definition) is 0. The maximum Gasteiger partial charge on any atom is 0.248 e. The molecule has 0 spiro atoms. The molecule has 4 aliphatic carbocycles. The van der Waals surface area contributed by atoms with Crippen molar-refractivity contribution in [3.63, 3.8) is 0 Å². The number of allylic oxidation sites excluding steroid dienone is 12. The van der Waals surface area contributed by atoms with Crippen molar-refractivity contribution in [3.8, 4) is 0 Å². The highest BCUT2D eigenvalue weighted by molar-refractivity contribution is 5.71. The van der Waals surface area contributed by atoms with E-state index in [-0.39, 0.29) is 24.2 Å². The van der Waals surface area contributed by atoms with Crippen molar-refractivity contribution in [1.29, 1.82) is 0 Å². The number of likely N-dealkylation sites (N-methyl/N-ethyl adjacent to an activating group) is 1. The smallest absolute Gasteiger partial charge is 0.248 e. The minimum atomic E-state index is -2.49. The number of fused-ring (bicyclic) bond motifs is 1. The van der Waals surface area contributed by atoms with Crippen molar-refractivity contribution in [2.24, 2.45) is 23.2 Å². The van der Waals surface area contributed by atoms with E-state index >= 15 is 0 Å². The van der Waals surface area contributed by atoms with E-state index < -0.39 is 5.92 Å². The monoisotopic (exact) mass is 463 g/mol. The summed E-state index contributed by atoms with van der Waals surface area (Å²) in [6, 6.07) is 0. The molecule has 1 saturated carbocycles. The maximum atomic E-state index is 14.0. The minimum Gasteiger partial charge on any atom is -0.373 e. The van der Waals surface area contributed by atoms with Gasteiger partial charge in [0.2, 0.25) is 5.92 Å². The van der Waals surface area contributed by atoms with Crippen LogP contribution in [0.3, 0.4) is 0 Å². The summed E-state index contributed by atoms with van der Waals surface area (Å²) < 4.78 is 28.0. The van der Waals surface area contributed by atoms with Gasteiger partial charge in [0.05, 0.1) is 0 Å². The second-order valence-electron chi connectivity index (χ2n) is 12.0. The Bertz CT molecular complexity index is 1140. The minimum absolute atomic E-state index is 0.0272. The van der Waals surface area contributed by atoms with Gasteiger partial charge in [-0.3, -0.25) is 0 Å². The van der Waals surface area contributed by atoms with Crippen LogP contribution in [0.4, 0.5) is 8.78 Å². The highest BCUT2D eigenvalue weighted by Crippen LogP contribution is 2.56. The van der Waals surface area contributed by atoms with E-state index in [0.717, 1.165) is 6.54 Å². The zero-order valence-electron chi connectivity index (χ0n) is 21.9. The van der Waals surface area contributed by atoms with Gasteiger partial charge in [0.15, 0.2) is 0 Å². The molecule has 34 heavy (non-hydrogen) atoms. The summed E-state index contributed by atoms with van der Waals surface area (Å²) in [6.45, 7) is 14.5. The van der Waals surface area contributed by atoms with Gasteiger partial charge < -0.3 is 4.90 Å². The molecular weight excluding hydrogens is 424 g/mol. The molecule has 0 radical (unpaired) electrons. The van der Waals surface area contributed by atoms with E-state index in [1.807, 2.05) is 0 Å². The lowest BCUT2D eigenvalue weighted by Crippen LogP contribution is -2.37. The zero-order valence-corrected chi connectivity index (χ0v) is 21.9. The molecule has 1 fully saturated rings. The average Bonchev–Trinajstić information content (AvgIpc) is 2.99. The SMILES string of the molecule is CC1=CC(C)=C1C1=CC(C)C=C2C(C3=C(C)N(C)C3)=CC(C(C)(C)C3CCC(F)(F)CC3)C2=C1. The first-order valence-electron chi connectivity index (χ1n) is 13.0. The predicted molar refractivity (Wildman–Crippen MR) is 137 cm³/mol. The second kappa shape index (κ2) is 7.93. The molecule has 2 unspecified atom stereocenters. The number of nitrogens with zero attached hydrogens (tertiary/aromatic N) is 1. The topological polar surface area (TPSA) is 3.24 Å². The molecular formula is C31H39F2N. The molecule has 2 atom stereocenters.